The molecule has 1 unspecified atom stereocenters. The summed E-state index contributed by atoms with van der Waals surface area (Å²) in [5.41, 5.74) is 4.00. The van der Waals surface area contributed by atoms with Crippen molar-refractivity contribution in [2.75, 3.05) is 11.9 Å². The van der Waals surface area contributed by atoms with Gasteiger partial charge in [0.1, 0.15) is 0 Å². The summed E-state index contributed by atoms with van der Waals surface area (Å²) in [5, 5.41) is 12.4. The highest BCUT2D eigenvalue weighted by molar-refractivity contribution is 5.60. The molecule has 1 aliphatic heterocycles. The van der Waals surface area contributed by atoms with E-state index < -0.39 is 0 Å². The molecular weight excluding hydrogens is 174 g/mol. The van der Waals surface area contributed by atoms with Gasteiger partial charge in [-0.3, -0.25) is 0 Å². The van der Waals surface area contributed by atoms with Crippen LogP contribution in [0, 0.1) is 0 Å². The quantitative estimate of drug-likeness (QED) is 0.750. The molecule has 0 saturated heterocycles. The zero-order valence-electron chi connectivity index (χ0n) is 8.75. The summed E-state index contributed by atoms with van der Waals surface area (Å²) in [6.07, 6.45) is 0.959. The van der Waals surface area contributed by atoms with Gasteiger partial charge < -0.3 is 10.4 Å². The van der Waals surface area contributed by atoms with Gasteiger partial charge in [0.15, 0.2) is 0 Å². The molecule has 0 fully saturated rings. The molecule has 0 aliphatic carbocycles. The maximum Gasteiger partial charge on any atom is 0.0636 e. The van der Waals surface area contributed by atoms with Crippen LogP contribution in [0.5, 0.6) is 0 Å². The Morgan fingerprint density at radius 3 is 2.93 bits per heavy atom. The average Bonchev–Trinajstić information content (AvgIpc) is 2.59. The molecule has 1 aromatic rings. The van der Waals surface area contributed by atoms with Crippen LogP contribution in [0.2, 0.25) is 0 Å². The van der Waals surface area contributed by atoms with Gasteiger partial charge in [-0.1, -0.05) is 26.0 Å². The Kier molecular flexibility index (Phi) is 2.46. The van der Waals surface area contributed by atoms with Gasteiger partial charge in [0, 0.05) is 5.69 Å². The van der Waals surface area contributed by atoms with Crippen molar-refractivity contribution in [1.82, 2.24) is 0 Å². The molecule has 0 spiro atoms. The van der Waals surface area contributed by atoms with Gasteiger partial charge in [0.05, 0.1) is 12.6 Å². The first-order valence-electron chi connectivity index (χ1n) is 5.21. The third kappa shape index (κ3) is 1.50. The molecule has 76 valence electrons. The zero-order chi connectivity index (χ0) is 10.1. The second-order valence-electron chi connectivity index (χ2n) is 4.26. The third-order valence-electron chi connectivity index (χ3n) is 2.86. The summed E-state index contributed by atoms with van der Waals surface area (Å²) in [6, 6.07) is 6.58. The predicted octanol–water partition coefficient (Wildman–Crippen LogP) is 2.14. The van der Waals surface area contributed by atoms with E-state index in [1.165, 1.54) is 16.8 Å². The summed E-state index contributed by atoms with van der Waals surface area (Å²) in [4.78, 5) is 0. The standard InChI is InChI=1S/C12H17NO/c1-8(2)10-4-3-5-12-11(10)6-9(7-14)13-12/h3-5,8-9,13-14H,6-7H2,1-2H3. The van der Waals surface area contributed by atoms with Crippen molar-refractivity contribution in [3.8, 4) is 0 Å². The lowest BCUT2D eigenvalue weighted by Gasteiger charge is -2.10. The van der Waals surface area contributed by atoms with E-state index in [0.29, 0.717) is 5.92 Å². The van der Waals surface area contributed by atoms with Gasteiger partial charge in [0.2, 0.25) is 0 Å². The minimum absolute atomic E-state index is 0.213. The number of hydrogen-bond acceptors (Lipinski definition) is 2. The first kappa shape index (κ1) is 9.53. The van der Waals surface area contributed by atoms with Crippen molar-refractivity contribution in [3.05, 3.63) is 29.3 Å². The van der Waals surface area contributed by atoms with Gasteiger partial charge >= 0.3 is 0 Å². The Morgan fingerprint density at radius 1 is 1.50 bits per heavy atom. The molecule has 1 aromatic carbocycles. The lowest BCUT2D eigenvalue weighted by molar-refractivity contribution is 0.277. The molecule has 2 nitrogen and oxygen atoms in total. The molecule has 2 rings (SSSR count). The first-order valence-corrected chi connectivity index (χ1v) is 5.21. The molecule has 1 heterocycles. The number of nitrogens with one attached hydrogen (secondary N) is 1. The summed E-state index contributed by atoms with van der Waals surface area (Å²) < 4.78 is 0. The molecule has 1 atom stereocenters. The monoisotopic (exact) mass is 191 g/mol. The molecule has 2 heteroatoms. The molecule has 2 N–H and O–H groups in total. The van der Waals surface area contributed by atoms with Gasteiger partial charge in [-0.15, -0.1) is 0 Å². The number of aliphatic hydroxyl groups excluding tert-OH is 1. The van der Waals surface area contributed by atoms with E-state index in [1.54, 1.807) is 0 Å². The minimum atomic E-state index is 0.213. The molecule has 0 bridgehead atoms. The number of aliphatic hydroxyl groups is 1. The topological polar surface area (TPSA) is 32.3 Å². The molecule has 0 aromatic heterocycles. The van der Waals surface area contributed by atoms with Crippen molar-refractivity contribution in [2.24, 2.45) is 0 Å². The molecular formula is C12H17NO. The van der Waals surface area contributed by atoms with Crippen LogP contribution in [0.1, 0.15) is 30.9 Å². The second-order valence-corrected chi connectivity index (χ2v) is 4.26. The van der Waals surface area contributed by atoms with Crippen molar-refractivity contribution in [2.45, 2.75) is 32.2 Å². The van der Waals surface area contributed by atoms with Crippen molar-refractivity contribution in [1.29, 1.82) is 0 Å². The summed E-state index contributed by atoms with van der Waals surface area (Å²) in [5.74, 6) is 0.559. The second kappa shape index (κ2) is 3.62. The number of hydrogen-bond donors (Lipinski definition) is 2. The van der Waals surface area contributed by atoms with E-state index in [2.05, 4.69) is 37.4 Å². The maximum absolute atomic E-state index is 9.11. The summed E-state index contributed by atoms with van der Waals surface area (Å²) in [7, 11) is 0. The lowest BCUT2D eigenvalue weighted by Crippen LogP contribution is -2.19. The Morgan fingerprint density at radius 2 is 2.29 bits per heavy atom. The molecule has 14 heavy (non-hydrogen) atoms. The Balaban J connectivity index is 2.36. The van der Waals surface area contributed by atoms with E-state index >= 15 is 0 Å². The van der Waals surface area contributed by atoms with Crippen LogP contribution >= 0.6 is 0 Å². The van der Waals surface area contributed by atoms with Crippen LogP contribution < -0.4 is 5.32 Å². The van der Waals surface area contributed by atoms with Crippen molar-refractivity contribution < 1.29 is 5.11 Å². The molecule has 0 amide bonds. The van der Waals surface area contributed by atoms with Crippen LogP contribution in [0.25, 0.3) is 0 Å². The molecule has 0 radical (unpaired) electrons. The SMILES string of the molecule is CC(C)c1cccc2c1CC(CO)N2. The van der Waals surface area contributed by atoms with Gasteiger partial charge in [0.25, 0.3) is 0 Å². The Labute approximate surface area is 85.0 Å². The van der Waals surface area contributed by atoms with Crippen LogP contribution in [-0.2, 0) is 6.42 Å². The number of fused-ring (bicyclic) bond motifs is 1. The highest BCUT2D eigenvalue weighted by atomic mass is 16.3. The average molecular weight is 191 g/mol. The predicted molar refractivity (Wildman–Crippen MR) is 58.7 cm³/mol. The highest BCUT2D eigenvalue weighted by Crippen LogP contribution is 2.32. The molecule has 1 aliphatic rings. The third-order valence-corrected chi connectivity index (χ3v) is 2.86. The largest absolute Gasteiger partial charge is 0.394 e. The van der Waals surface area contributed by atoms with E-state index in [9.17, 15) is 0 Å². The van der Waals surface area contributed by atoms with Gasteiger partial charge in [-0.25, -0.2) is 0 Å². The van der Waals surface area contributed by atoms with Crippen molar-refractivity contribution >= 4 is 5.69 Å². The van der Waals surface area contributed by atoms with E-state index in [-0.39, 0.29) is 12.6 Å². The summed E-state index contributed by atoms with van der Waals surface area (Å²) in [6.45, 7) is 4.63. The van der Waals surface area contributed by atoms with Crippen LogP contribution in [-0.4, -0.2) is 17.8 Å². The van der Waals surface area contributed by atoms with E-state index in [4.69, 9.17) is 5.11 Å². The smallest absolute Gasteiger partial charge is 0.0636 e. The lowest BCUT2D eigenvalue weighted by atomic mass is 9.95. The number of anilines is 1. The Bertz CT molecular complexity index is 333. The normalized spacial score (nSPS) is 19.6. The maximum atomic E-state index is 9.11. The highest BCUT2D eigenvalue weighted by Gasteiger charge is 2.22. The van der Waals surface area contributed by atoms with Crippen LogP contribution in [0.4, 0.5) is 5.69 Å². The fourth-order valence-corrected chi connectivity index (χ4v) is 2.14. The minimum Gasteiger partial charge on any atom is -0.394 e. The van der Waals surface area contributed by atoms with Crippen LogP contribution in [0.3, 0.4) is 0 Å². The van der Waals surface area contributed by atoms with Gasteiger partial charge in [-0.2, -0.15) is 0 Å². The van der Waals surface area contributed by atoms with Gasteiger partial charge in [-0.05, 0) is 29.5 Å². The zero-order valence-corrected chi connectivity index (χ0v) is 8.75. The van der Waals surface area contributed by atoms with Crippen LogP contribution in [0.15, 0.2) is 18.2 Å². The molecule has 0 saturated carbocycles. The first-order chi connectivity index (χ1) is 6.72. The summed E-state index contributed by atoms with van der Waals surface area (Å²) >= 11 is 0. The number of benzene rings is 1. The Hall–Kier alpha value is -1.02. The van der Waals surface area contributed by atoms with E-state index in [1.807, 2.05) is 0 Å². The fourth-order valence-electron chi connectivity index (χ4n) is 2.14. The van der Waals surface area contributed by atoms with Crippen molar-refractivity contribution in [3.63, 3.8) is 0 Å². The number of rotatable bonds is 2. The van der Waals surface area contributed by atoms with E-state index in [0.717, 1.165) is 6.42 Å². The fraction of sp³-hybridized carbons (Fsp3) is 0.500.